The first kappa shape index (κ1) is 17.2. The Labute approximate surface area is 134 Å². The van der Waals surface area contributed by atoms with E-state index in [1.807, 2.05) is 0 Å². The van der Waals surface area contributed by atoms with Gasteiger partial charge in [-0.15, -0.1) is 0 Å². The lowest BCUT2D eigenvalue weighted by molar-refractivity contribution is -0.370. The largest absolute Gasteiger partial charge is 0.460 e. The minimum absolute atomic E-state index is 0.112. The molecular formula is C12H11N5O6S. The van der Waals surface area contributed by atoms with Gasteiger partial charge in [0.25, 0.3) is 0 Å². The van der Waals surface area contributed by atoms with Crippen LogP contribution in [0.5, 0.6) is 0 Å². The first-order valence-corrected chi connectivity index (χ1v) is 7.80. The van der Waals surface area contributed by atoms with Gasteiger partial charge in [-0.05, 0) is 6.07 Å². The van der Waals surface area contributed by atoms with Gasteiger partial charge in [-0.3, -0.25) is 19.9 Å². The highest BCUT2D eigenvalue weighted by Crippen LogP contribution is 2.00. The molecule has 0 saturated carbocycles. The molecule has 2 heterocycles. The van der Waals surface area contributed by atoms with Gasteiger partial charge in [0, 0.05) is 19.3 Å². The van der Waals surface area contributed by atoms with Gasteiger partial charge >= 0.3 is 15.1 Å². The summed E-state index contributed by atoms with van der Waals surface area (Å²) in [5.41, 5.74) is 0.107. The fraction of sp³-hybridized carbons (Fsp3) is 0.0833. The zero-order valence-corrected chi connectivity index (χ0v) is 13.0. The minimum atomic E-state index is -4.70. The number of nitro groups is 1. The Kier molecular flexibility index (Phi) is 4.71. The number of hydrogen-bond acceptors (Lipinski definition) is 8. The quantitative estimate of drug-likeness (QED) is 0.441. The highest BCUT2D eigenvalue weighted by atomic mass is 32.2. The molecule has 24 heavy (non-hydrogen) atoms. The van der Waals surface area contributed by atoms with Crippen LogP contribution < -0.4 is 26.4 Å². The summed E-state index contributed by atoms with van der Waals surface area (Å²) in [6, 6.07) is 0.990. The Morgan fingerprint density at radius 3 is 2.71 bits per heavy atom. The molecule has 0 radical (unpaired) electrons. The third kappa shape index (κ3) is 3.61. The summed E-state index contributed by atoms with van der Waals surface area (Å²) in [5, 5.41) is 16.7. The maximum atomic E-state index is 11.6. The van der Waals surface area contributed by atoms with Crippen LogP contribution in [0.25, 0.3) is 10.7 Å². The van der Waals surface area contributed by atoms with Crippen molar-refractivity contribution >= 4 is 32.9 Å². The van der Waals surface area contributed by atoms with Crippen LogP contribution in [0.4, 0.5) is 0 Å². The number of nitrogens with two attached hydrogens (primary N) is 1. The second-order valence-electron chi connectivity index (χ2n) is 4.40. The topological polar surface area (TPSA) is 170 Å². The van der Waals surface area contributed by atoms with E-state index in [0.717, 1.165) is 19.3 Å². The van der Waals surface area contributed by atoms with Gasteiger partial charge in [-0.2, -0.15) is 0 Å². The van der Waals surface area contributed by atoms with E-state index in [-0.39, 0.29) is 16.5 Å². The normalized spacial score (nSPS) is 18.2. The number of rotatable bonds is 2. The Hall–Kier alpha value is -3.12. The van der Waals surface area contributed by atoms with E-state index in [9.17, 15) is 23.3 Å². The fourth-order valence-electron chi connectivity index (χ4n) is 1.86. The molecule has 0 unspecified atom stereocenters. The van der Waals surface area contributed by atoms with Crippen molar-refractivity contribution in [2.45, 2.75) is 6.92 Å². The maximum absolute atomic E-state index is 11.6. The maximum Gasteiger partial charge on any atom is 0.383 e. The number of aliphatic imine (C=N–C) groups is 1. The molecular weight excluding hydrogens is 342 g/mol. The van der Waals surface area contributed by atoms with Crippen molar-refractivity contribution in [2.75, 3.05) is 0 Å². The van der Waals surface area contributed by atoms with E-state index in [1.54, 1.807) is 0 Å². The van der Waals surface area contributed by atoms with Gasteiger partial charge in [0.15, 0.2) is 5.42 Å². The third-order valence-corrected chi connectivity index (χ3v) is 3.58. The Morgan fingerprint density at radius 2 is 2.21 bits per heavy atom. The van der Waals surface area contributed by atoms with Crippen molar-refractivity contribution in [2.24, 2.45) is 15.1 Å². The van der Waals surface area contributed by atoms with Gasteiger partial charge in [0.2, 0.25) is 5.91 Å². The summed E-state index contributed by atoms with van der Waals surface area (Å²) >= 11 is 0. The van der Waals surface area contributed by atoms with Crippen molar-refractivity contribution in [3.63, 3.8) is 0 Å². The zero-order chi connectivity index (χ0) is 17.9. The molecule has 0 bridgehead atoms. The molecule has 0 atom stereocenters. The number of nitrogens with zero attached hydrogens (tertiary/aromatic N) is 3. The van der Waals surface area contributed by atoms with Crippen LogP contribution in [0.1, 0.15) is 6.92 Å². The van der Waals surface area contributed by atoms with Crippen LogP contribution in [0.2, 0.25) is 0 Å². The summed E-state index contributed by atoms with van der Waals surface area (Å²) in [7, 11) is -4.70. The van der Waals surface area contributed by atoms with E-state index in [0.29, 0.717) is 0 Å². The molecule has 0 spiro atoms. The second-order valence-corrected chi connectivity index (χ2v) is 5.88. The molecule has 1 aliphatic heterocycles. The average molecular weight is 353 g/mol. The summed E-state index contributed by atoms with van der Waals surface area (Å²) < 4.78 is 28.4. The van der Waals surface area contributed by atoms with Crippen LogP contribution in [-0.4, -0.2) is 25.5 Å². The SMILES string of the molecule is CC(=O)N=c1/c(=C(\[N+](=O)[O-])S(N)(=O)=O)cco/c1=C1\C=NC=CN1. The number of amides is 1. The number of hydrogen-bond donors (Lipinski definition) is 2. The lowest BCUT2D eigenvalue weighted by Gasteiger charge is -2.04. The molecule has 11 nitrogen and oxygen atoms in total. The Bertz CT molecular complexity index is 1060. The molecule has 1 aromatic rings. The number of nitrogens with one attached hydrogen (secondary N) is 1. The number of carbonyl (C=O) groups is 1. The minimum Gasteiger partial charge on any atom is -0.460 e. The molecule has 3 N–H and O–H groups in total. The number of primary sulfonamides is 1. The summed E-state index contributed by atoms with van der Waals surface area (Å²) in [6.07, 6.45) is 5.19. The highest BCUT2D eigenvalue weighted by molar-refractivity contribution is 7.97. The van der Waals surface area contributed by atoms with Crippen molar-refractivity contribution < 1.29 is 22.6 Å². The average Bonchev–Trinajstić information content (AvgIpc) is 2.47. The molecule has 1 aliphatic rings. The number of carbonyl (C=O) groups excluding carboxylic acids is 1. The zero-order valence-electron chi connectivity index (χ0n) is 12.2. The van der Waals surface area contributed by atoms with Gasteiger partial charge in [-0.1, -0.05) is 0 Å². The van der Waals surface area contributed by atoms with Crippen LogP contribution in [0.15, 0.2) is 39.1 Å². The van der Waals surface area contributed by atoms with Crippen LogP contribution in [-0.2, 0) is 14.8 Å². The monoisotopic (exact) mass is 353 g/mol. The van der Waals surface area contributed by atoms with Crippen molar-refractivity contribution in [3.8, 4) is 0 Å². The third-order valence-electron chi connectivity index (χ3n) is 2.67. The second kappa shape index (κ2) is 6.55. The lowest BCUT2D eigenvalue weighted by Crippen LogP contribution is -2.46. The van der Waals surface area contributed by atoms with Crippen LogP contribution >= 0.6 is 0 Å². The van der Waals surface area contributed by atoms with E-state index >= 15 is 0 Å². The molecule has 12 heteroatoms. The summed E-state index contributed by atoms with van der Waals surface area (Å²) in [4.78, 5) is 28.9. The Morgan fingerprint density at radius 1 is 1.50 bits per heavy atom. The van der Waals surface area contributed by atoms with E-state index in [4.69, 9.17) is 9.56 Å². The van der Waals surface area contributed by atoms with Crippen molar-refractivity contribution in [1.29, 1.82) is 0 Å². The van der Waals surface area contributed by atoms with E-state index < -0.39 is 31.1 Å². The first-order valence-electron chi connectivity index (χ1n) is 6.25. The molecule has 0 aliphatic carbocycles. The standard InChI is InChI=1S/C12H11N5O6S/c1-7(18)16-10-8(12(17(19)20)24(13,21)22)2-5-23-11(10)9-6-14-3-4-15-9/h2-6,15H,1H3,(H2,13,21,22)/b11-9+,12-8+,16-10?. The van der Waals surface area contributed by atoms with Crippen LogP contribution in [0, 0.1) is 10.1 Å². The van der Waals surface area contributed by atoms with Crippen molar-refractivity contribution in [1.82, 2.24) is 5.32 Å². The molecule has 126 valence electrons. The Balaban J connectivity index is 3.18. The van der Waals surface area contributed by atoms with Crippen LogP contribution in [0.3, 0.4) is 0 Å². The predicted octanol–water partition coefficient (Wildman–Crippen LogP) is -2.39. The predicted molar refractivity (Wildman–Crippen MR) is 81.9 cm³/mol. The van der Waals surface area contributed by atoms with E-state index in [1.165, 1.54) is 18.6 Å². The van der Waals surface area contributed by atoms with Gasteiger partial charge in [-0.25, -0.2) is 18.5 Å². The first-order chi connectivity index (χ1) is 11.2. The fourth-order valence-corrected chi connectivity index (χ4v) is 2.54. The molecule has 0 saturated heterocycles. The van der Waals surface area contributed by atoms with Gasteiger partial charge < -0.3 is 9.73 Å². The molecule has 2 rings (SSSR count). The molecule has 0 fully saturated rings. The molecule has 1 aromatic heterocycles. The van der Waals surface area contributed by atoms with Gasteiger partial charge in [0.1, 0.15) is 11.1 Å². The number of sulfonamides is 1. The summed E-state index contributed by atoms with van der Waals surface area (Å²) in [5.74, 6) is -0.722. The van der Waals surface area contributed by atoms with Crippen molar-refractivity contribution in [3.05, 3.63) is 50.8 Å². The van der Waals surface area contributed by atoms with Gasteiger partial charge in [0.05, 0.1) is 22.6 Å². The lowest BCUT2D eigenvalue weighted by atomic mass is 10.3. The molecule has 0 aromatic carbocycles. The molecule has 1 amide bonds. The summed E-state index contributed by atoms with van der Waals surface area (Å²) in [6.45, 7) is 1.09. The highest BCUT2D eigenvalue weighted by Gasteiger charge is 2.27. The van der Waals surface area contributed by atoms with E-state index in [2.05, 4.69) is 15.3 Å². The smallest absolute Gasteiger partial charge is 0.383 e.